The van der Waals surface area contributed by atoms with Crippen molar-refractivity contribution in [2.45, 2.75) is 32.6 Å². The van der Waals surface area contributed by atoms with Crippen molar-refractivity contribution in [1.29, 1.82) is 0 Å². The third-order valence-electron chi connectivity index (χ3n) is 2.32. The average molecular weight is 312 g/mol. The third-order valence-corrected chi connectivity index (χ3v) is 3.12. The van der Waals surface area contributed by atoms with Crippen molar-refractivity contribution in [3.63, 3.8) is 0 Å². The lowest BCUT2D eigenvalue weighted by atomic mass is 10.2. The Morgan fingerprint density at radius 3 is 1.86 bits per heavy atom. The molecule has 2 aromatic heterocycles. The second-order valence-corrected chi connectivity index (χ2v) is 5.83. The highest BCUT2D eigenvalue weighted by Crippen LogP contribution is 2.00. The maximum absolute atomic E-state index is 10.1. The van der Waals surface area contributed by atoms with Crippen molar-refractivity contribution in [2.24, 2.45) is 0 Å². The Morgan fingerprint density at radius 2 is 1.57 bits per heavy atom. The van der Waals surface area contributed by atoms with Gasteiger partial charge in [-0.3, -0.25) is 9.54 Å². The van der Waals surface area contributed by atoms with Crippen molar-refractivity contribution in [3.8, 4) is 0 Å². The normalized spacial score (nSPS) is 9.81. The molecule has 0 aliphatic rings. The van der Waals surface area contributed by atoms with E-state index in [-0.39, 0.29) is 5.75 Å². The van der Waals surface area contributed by atoms with Gasteiger partial charge in [-0.25, -0.2) is 0 Å². The van der Waals surface area contributed by atoms with Crippen LogP contribution in [0.1, 0.15) is 32.6 Å². The lowest BCUT2D eigenvalue weighted by Gasteiger charge is -1.95. The summed E-state index contributed by atoms with van der Waals surface area (Å²) in [4.78, 5) is 6.65. The highest BCUT2D eigenvalue weighted by atomic mass is 32.2. The monoisotopic (exact) mass is 312 g/mol. The van der Waals surface area contributed by atoms with Crippen LogP contribution in [0.4, 0.5) is 0 Å². The molecule has 6 heteroatoms. The van der Waals surface area contributed by atoms with Crippen LogP contribution in [0.15, 0.2) is 55.1 Å². The molecule has 21 heavy (non-hydrogen) atoms. The average Bonchev–Trinajstić information content (AvgIpc) is 3.05. The molecule has 0 atom stereocenters. The zero-order valence-corrected chi connectivity index (χ0v) is 13.2. The molecule has 0 aliphatic carbocycles. The Balaban J connectivity index is 0.000000306. The summed E-state index contributed by atoms with van der Waals surface area (Å²) in [6.45, 7) is 2.05. The molecule has 0 bridgehead atoms. The SMILES string of the molecule is CCCCCCS(=O)(=O)O.c1cc[nH]c1.c1ccncc1. The van der Waals surface area contributed by atoms with Crippen LogP contribution in [0.2, 0.25) is 0 Å². The van der Waals surface area contributed by atoms with E-state index in [4.69, 9.17) is 4.55 Å². The number of pyridine rings is 1. The third kappa shape index (κ3) is 18.3. The zero-order valence-electron chi connectivity index (χ0n) is 12.4. The fraction of sp³-hybridized carbons (Fsp3) is 0.400. The molecule has 0 aliphatic heterocycles. The van der Waals surface area contributed by atoms with Crippen LogP contribution in [0.25, 0.3) is 0 Å². The van der Waals surface area contributed by atoms with Crippen molar-refractivity contribution in [2.75, 3.05) is 5.75 Å². The Bertz CT molecular complexity index is 455. The van der Waals surface area contributed by atoms with Crippen LogP contribution in [0.5, 0.6) is 0 Å². The molecule has 5 nitrogen and oxygen atoms in total. The number of H-pyrrole nitrogens is 1. The molecular weight excluding hydrogens is 288 g/mol. The van der Waals surface area contributed by atoms with Gasteiger partial charge in [0, 0.05) is 24.8 Å². The first-order valence-corrected chi connectivity index (χ1v) is 8.55. The largest absolute Gasteiger partial charge is 0.368 e. The molecule has 2 rings (SSSR count). The van der Waals surface area contributed by atoms with Gasteiger partial charge >= 0.3 is 0 Å². The minimum absolute atomic E-state index is 0.0903. The summed E-state index contributed by atoms with van der Waals surface area (Å²) in [6, 6.07) is 9.60. The first-order valence-electron chi connectivity index (χ1n) is 6.94. The number of hydrogen-bond acceptors (Lipinski definition) is 3. The van der Waals surface area contributed by atoms with Crippen molar-refractivity contribution in [1.82, 2.24) is 9.97 Å². The van der Waals surface area contributed by atoms with Gasteiger partial charge in [0.15, 0.2) is 0 Å². The number of nitrogens with zero attached hydrogens (tertiary/aromatic N) is 1. The molecular formula is C15H24N2O3S. The van der Waals surface area contributed by atoms with Crippen LogP contribution in [0.3, 0.4) is 0 Å². The Labute approximate surface area is 127 Å². The number of rotatable bonds is 5. The second kappa shape index (κ2) is 13.3. The summed E-state index contributed by atoms with van der Waals surface area (Å²) in [5.74, 6) is -0.0903. The zero-order chi connectivity index (χ0) is 15.8. The Kier molecular flexibility index (Phi) is 12.3. The predicted octanol–water partition coefficient (Wildman–Crippen LogP) is 3.55. The van der Waals surface area contributed by atoms with E-state index in [0.29, 0.717) is 6.42 Å². The highest BCUT2D eigenvalue weighted by Gasteiger charge is 2.01. The number of aromatic nitrogens is 2. The van der Waals surface area contributed by atoms with Crippen molar-refractivity contribution < 1.29 is 13.0 Å². The second-order valence-electron chi connectivity index (χ2n) is 4.26. The number of aromatic amines is 1. The van der Waals surface area contributed by atoms with Gasteiger partial charge < -0.3 is 4.98 Å². The van der Waals surface area contributed by atoms with Gasteiger partial charge in [0.2, 0.25) is 0 Å². The topological polar surface area (TPSA) is 83.0 Å². The van der Waals surface area contributed by atoms with Crippen LogP contribution < -0.4 is 0 Å². The molecule has 0 aromatic carbocycles. The van der Waals surface area contributed by atoms with Gasteiger partial charge in [0.05, 0.1) is 5.75 Å². The van der Waals surface area contributed by atoms with E-state index in [9.17, 15) is 8.42 Å². The highest BCUT2D eigenvalue weighted by molar-refractivity contribution is 7.85. The van der Waals surface area contributed by atoms with E-state index in [1.165, 1.54) is 0 Å². The van der Waals surface area contributed by atoms with Gasteiger partial charge in [-0.2, -0.15) is 8.42 Å². The quantitative estimate of drug-likeness (QED) is 0.653. The minimum Gasteiger partial charge on any atom is -0.368 e. The van der Waals surface area contributed by atoms with Gasteiger partial charge in [0.25, 0.3) is 10.1 Å². The standard InChI is InChI=1S/C6H14O3S.C5H5N.C4H5N/c1-2-3-4-5-6-10(7,8)9;1-2-4-6-5-3-1;1-2-4-5-3-1/h2-6H2,1H3,(H,7,8,9);1-5H;1-5H. The van der Waals surface area contributed by atoms with Gasteiger partial charge in [-0.1, -0.05) is 32.3 Å². The van der Waals surface area contributed by atoms with Crippen LogP contribution in [0, 0.1) is 0 Å². The summed E-state index contributed by atoms with van der Waals surface area (Å²) in [7, 11) is -3.70. The molecule has 2 heterocycles. The molecule has 0 saturated carbocycles. The summed E-state index contributed by atoms with van der Waals surface area (Å²) in [5, 5.41) is 0. The van der Waals surface area contributed by atoms with Crippen molar-refractivity contribution in [3.05, 3.63) is 55.1 Å². The minimum atomic E-state index is -3.70. The van der Waals surface area contributed by atoms with Gasteiger partial charge in [-0.05, 0) is 30.7 Å². The maximum Gasteiger partial charge on any atom is 0.264 e. The molecule has 0 saturated heterocycles. The fourth-order valence-electron chi connectivity index (χ4n) is 1.30. The van der Waals surface area contributed by atoms with E-state index < -0.39 is 10.1 Å². The van der Waals surface area contributed by atoms with E-state index in [1.54, 1.807) is 12.4 Å². The number of hydrogen-bond donors (Lipinski definition) is 2. The van der Waals surface area contributed by atoms with Crippen LogP contribution >= 0.6 is 0 Å². The van der Waals surface area contributed by atoms with Crippen LogP contribution in [-0.2, 0) is 10.1 Å². The molecule has 0 spiro atoms. The molecule has 0 unspecified atom stereocenters. The summed E-state index contributed by atoms with van der Waals surface area (Å²) in [5.41, 5.74) is 0. The first kappa shape index (κ1) is 19.3. The smallest absolute Gasteiger partial charge is 0.264 e. The lowest BCUT2D eigenvalue weighted by molar-refractivity contribution is 0.479. The maximum atomic E-state index is 10.1. The first-order chi connectivity index (χ1) is 10.1. The molecule has 118 valence electrons. The molecule has 0 fully saturated rings. The number of nitrogens with one attached hydrogen (secondary N) is 1. The van der Waals surface area contributed by atoms with Crippen LogP contribution in [-0.4, -0.2) is 28.7 Å². The summed E-state index contributed by atoms with van der Waals surface area (Å²) >= 11 is 0. The Morgan fingerprint density at radius 1 is 0.952 bits per heavy atom. The van der Waals surface area contributed by atoms with E-state index in [2.05, 4.69) is 9.97 Å². The summed E-state index contributed by atoms with van der Waals surface area (Å²) in [6.07, 6.45) is 10.8. The number of unbranched alkanes of at least 4 members (excludes halogenated alkanes) is 3. The summed E-state index contributed by atoms with van der Waals surface area (Å²) < 4.78 is 28.6. The lowest BCUT2D eigenvalue weighted by Crippen LogP contribution is -2.03. The Hall–Kier alpha value is -1.66. The van der Waals surface area contributed by atoms with E-state index in [1.807, 2.05) is 49.6 Å². The molecule has 0 radical (unpaired) electrons. The van der Waals surface area contributed by atoms with Gasteiger partial charge in [-0.15, -0.1) is 0 Å². The fourth-order valence-corrected chi connectivity index (χ4v) is 1.87. The van der Waals surface area contributed by atoms with Gasteiger partial charge in [0.1, 0.15) is 0 Å². The predicted molar refractivity (Wildman–Crippen MR) is 85.6 cm³/mol. The van der Waals surface area contributed by atoms with Crippen molar-refractivity contribution >= 4 is 10.1 Å². The van der Waals surface area contributed by atoms with E-state index >= 15 is 0 Å². The molecule has 0 amide bonds. The van der Waals surface area contributed by atoms with E-state index in [0.717, 1.165) is 19.3 Å². The molecule has 2 N–H and O–H groups in total. The molecule has 2 aromatic rings.